The van der Waals surface area contributed by atoms with E-state index in [1.54, 1.807) is 7.11 Å². The summed E-state index contributed by atoms with van der Waals surface area (Å²) in [5, 5.41) is 14.5. The van der Waals surface area contributed by atoms with E-state index in [1.165, 1.54) is 24.1 Å². The number of aromatic amines is 1. The van der Waals surface area contributed by atoms with Crippen molar-refractivity contribution in [1.29, 1.82) is 5.41 Å². The van der Waals surface area contributed by atoms with Crippen molar-refractivity contribution in [3.63, 3.8) is 0 Å². The first-order valence-corrected chi connectivity index (χ1v) is 4.95. The molecule has 1 fully saturated rings. The van der Waals surface area contributed by atoms with Gasteiger partial charge in [0.05, 0.1) is 13.3 Å². The highest BCUT2D eigenvalue weighted by atomic mass is 16.5. The van der Waals surface area contributed by atoms with Gasteiger partial charge in [-0.25, -0.2) is 0 Å². The fourth-order valence-electron chi connectivity index (χ4n) is 1.60. The van der Waals surface area contributed by atoms with Crippen molar-refractivity contribution in [2.45, 2.75) is 31.6 Å². The molecule has 1 aromatic heterocycles. The Balaban J connectivity index is 1.94. The highest BCUT2D eigenvalue weighted by Gasteiger charge is 2.27. The van der Waals surface area contributed by atoms with Crippen LogP contribution in [-0.4, -0.2) is 23.2 Å². The van der Waals surface area contributed by atoms with E-state index in [4.69, 9.17) is 10.1 Å². The summed E-state index contributed by atoms with van der Waals surface area (Å²) < 4.78 is 4.82. The normalized spacial score (nSPS) is 15.5. The van der Waals surface area contributed by atoms with Crippen molar-refractivity contribution in [1.82, 2.24) is 10.2 Å². The van der Waals surface area contributed by atoms with Crippen LogP contribution in [0.2, 0.25) is 0 Å². The standard InChI is InChI=1S/C10H15N3O/c1-14-9(11)5-4-8-6-12-13-10(8)7-2-3-7/h6-7,11H,2-5H2,1H3,(H,12,13). The fourth-order valence-corrected chi connectivity index (χ4v) is 1.60. The Labute approximate surface area is 83.2 Å². The molecule has 0 spiro atoms. The first kappa shape index (κ1) is 9.24. The number of aromatic nitrogens is 2. The van der Waals surface area contributed by atoms with Crippen LogP contribution in [0.25, 0.3) is 0 Å². The lowest BCUT2D eigenvalue weighted by Crippen LogP contribution is -2.01. The van der Waals surface area contributed by atoms with Crippen molar-refractivity contribution < 1.29 is 4.74 Å². The monoisotopic (exact) mass is 193 g/mol. The SMILES string of the molecule is COC(=N)CCc1cn[nH]c1C1CC1. The highest BCUT2D eigenvalue weighted by molar-refractivity contribution is 5.72. The molecular weight excluding hydrogens is 178 g/mol. The van der Waals surface area contributed by atoms with E-state index in [9.17, 15) is 0 Å². The summed E-state index contributed by atoms with van der Waals surface area (Å²) in [5.74, 6) is 1.04. The van der Waals surface area contributed by atoms with Gasteiger partial charge < -0.3 is 4.74 Å². The molecule has 0 amide bonds. The van der Waals surface area contributed by atoms with Crippen molar-refractivity contribution in [3.05, 3.63) is 17.5 Å². The van der Waals surface area contributed by atoms with Crippen LogP contribution >= 0.6 is 0 Å². The van der Waals surface area contributed by atoms with Gasteiger partial charge in [0.25, 0.3) is 0 Å². The third-order valence-electron chi connectivity index (χ3n) is 2.60. The molecule has 76 valence electrons. The van der Waals surface area contributed by atoms with Crippen LogP contribution in [0, 0.1) is 5.41 Å². The topological polar surface area (TPSA) is 61.8 Å². The Bertz CT molecular complexity index is 328. The molecule has 0 atom stereocenters. The summed E-state index contributed by atoms with van der Waals surface area (Å²) >= 11 is 0. The predicted molar refractivity (Wildman–Crippen MR) is 53.6 cm³/mol. The molecule has 0 bridgehead atoms. The molecule has 4 heteroatoms. The summed E-state index contributed by atoms with van der Waals surface area (Å²) in [4.78, 5) is 0. The molecule has 0 unspecified atom stereocenters. The highest BCUT2D eigenvalue weighted by Crippen LogP contribution is 2.40. The molecule has 1 aliphatic rings. The smallest absolute Gasteiger partial charge is 0.180 e. The van der Waals surface area contributed by atoms with Gasteiger partial charge in [0.2, 0.25) is 0 Å². The molecule has 2 rings (SSSR count). The lowest BCUT2D eigenvalue weighted by atomic mass is 10.1. The molecule has 0 radical (unpaired) electrons. The second-order valence-electron chi connectivity index (χ2n) is 3.71. The van der Waals surface area contributed by atoms with Crippen LogP contribution in [0.4, 0.5) is 0 Å². The summed E-state index contributed by atoms with van der Waals surface area (Å²) in [6, 6.07) is 0. The van der Waals surface area contributed by atoms with Gasteiger partial charge in [0.15, 0.2) is 5.90 Å². The fraction of sp³-hybridized carbons (Fsp3) is 0.600. The van der Waals surface area contributed by atoms with E-state index in [0.717, 1.165) is 6.42 Å². The maximum absolute atomic E-state index is 7.38. The third-order valence-corrected chi connectivity index (χ3v) is 2.60. The number of H-pyrrole nitrogens is 1. The summed E-state index contributed by atoms with van der Waals surface area (Å²) in [7, 11) is 1.54. The Hall–Kier alpha value is -1.32. The molecule has 1 heterocycles. The molecule has 1 aromatic rings. The van der Waals surface area contributed by atoms with E-state index in [-0.39, 0.29) is 0 Å². The van der Waals surface area contributed by atoms with Gasteiger partial charge in [0, 0.05) is 18.0 Å². The lowest BCUT2D eigenvalue weighted by molar-refractivity contribution is 0.386. The second kappa shape index (κ2) is 3.82. The summed E-state index contributed by atoms with van der Waals surface area (Å²) in [6.45, 7) is 0. The Morgan fingerprint density at radius 3 is 3.14 bits per heavy atom. The van der Waals surface area contributed by atoms with Crippen LogP contribution in [-0.2, 0) is 11.2 Å². The summed E-state index contributed by atoms with van der Waals surface area (Å²) in [6.07, 6.45) is 5.94. The van der Waals surface area contributed by atoms with Gasteiger partial charge in [-0.3, -0.25) is 10.5 Å². The van der Waals surface area contributed by atoms with Crippen molar-refractivity contribution >= 4 is 5.90 Å². The van der Waals surface area contributed by atoms with Gasteiger partial charge in [-0.05, 0) is 24.8 Å². The Kier molecular flexibility index (Phi) is 2.52. The number of ether oxygens (including phenoxy) is 1. The molecule has 0 aliphatic heterocycles. The molecule has 1 aliphatic carbocycles. The van der Waals surface area contributed by atoms with Crippen molar-refractivity contribution in [3.8, 4) is 0 Å². The molecule has 4 nitrogen and oxygen atoms in total. The first-order chi connectivity index (χ1) is 6.81. The second-order valence-corrected chi connectivity index (χ2v) is 3.71. The molecule has 0 saturated heterocycles. The first-order valence-electron chi connectivity index (χ1n) is 4.95. The summed E-state index contributed by atoms with van der Waals surface area (Å²) in [5.41, 5.74) is 2.52. The molecule has 2 N–H and O–H groups in total. The quantitative estimate of drug-likeness (QED) is 0.566. The number of nitrogens with zero attached hydrogens (tertiary/aromatic N) is 1. The van der Waals surface area contributed by atoms with E-state index in [2.05, 4.69) is 10.2 Å². The van der Waals surface area contributed by atoms with Gasteiger partial charge in [-0.1, -0.05) is 0 Å². The van der Waals surface area contributed by atoms with Crippen molar-refractivity contribution in [2.75, 3.05) is 7.11 Å². The van der Waals surface area contributed by atoms with Gasteiger partial charge in [-0.2, -0.15) is 5.10 Å². The van der Waals surface area contributed by atoms with Crippen LogP contribution in [0.5, 0.6) is 0 Å². The molecular formula is C10H15N3O. The van der Waals surface area contributed by atoms with Crippen LogP contribution in [0.1, 0.15) is 36.4 Å². The zero-order valence-electron chi connectivity index (χ0n) is 8.34. The van der Waals surface area contributed by atoms with Crippen LogP contribution in [0.3, 0.4) is 0 Å². The van der Waals surface area contributed by atoms with Gasteiger partial charge in [0.1, 0.15) is 0 Å². The number of methoxy groups -OCH3 is 1. The number of nitrogens with one attached hydrogen (secondary N) is 2. The zero-order chi connectivity index (χ0) is 9.97. The minimum Gasteiger partial charge on any atom is -0.484 e. The van der Waals surface area contributed by atoms with Gasteiger partial charge >= 0.3 is 0 Å². The van der Waals surface area contributed by atoms with Gasteiger partial charge in [-0.15, -0.1) is 0 Å². The maximum atomic E-state index is 7.38. The van der Waals surface area contributed by atoms with E-state index >= 15 is 0 Å². The maximum Gasteiger partial charge on any atom is 0.180 e. The lowest BCUT2D eigenvalue weighted by Gasteiger charge is -2.02. The van der Waals surface area contributed by atoms with Crippen LogP contribution < -0.4 is 0 Å². The van der Waals surface area contributed by atoms with E-state index in [1.807, 2.05) is 6.20 Å². The van der Waals surface area contributed by atoms with E-state index in [0.29, 0.717) is 18.2 Å². The number of hydrogen-bond acceptors (Lipinski definition) is 3. The van der Waals surface area contributed by atoms with E-state index < -0.39 is 0 Å². The molecule has 1 saturated carbocycles. The Morgan fingerprint density at radius 1 is 1.71 bits per heavy atom. The average Bonchev–Trinajstić information content (AvgIpc) is 2.94. The minimum absolute atomic E-state index is 0.341. The molecule has 0 aromatic carbocycles. The zero-order valence-corrected chi connectivity index (χ0v) is 8.34. The third kappa shape index (κ3) is 1.95. The molecule has 14 heavy (non-hydrogen) atoms. The predicted octanol–water partition coefficient (Wildman–Crippen LogP) is 1.84. The number of aryl methyl sites for hydroxylation is 1. The van der Waals surface area contributed by atoms with Crippen LogP contribution in [0.15, 0.2) is 6.20 Å². The largest absolute Gasteiger partial charge is 0.484 e. The number of rotatable bonds is 4. The minimum atomic E-state index is 0.341. The van der Waals surface area contributed by atoms with Crippen molar-refractivity contribution in [2.24, 2.45) is 0 Å². The average molecular weight is 193 g/mol. The Morgan fingerprint density at radius 2 is 2.50 bits per heavy atom. The number of hydrogen-bond donors (Lipinski definition) is 2.